The number of fused-ring (bicyclic) bond motifs is 2. The number of rotatable bonds is 3. The van der Waals surface area contributed by atoms with Crippen molar-refractivity contribution < 1.29 is 17.6 Å². The summed E-state index contributed by atoms with van der Waals surface area (Å²) in [4.78, 5) is 5.66. The van der Waals surface area contributed by atoms with Crippen LogP contribution in [-0.4, -0.2) is 37.6 Å². The summed E-state index contributed by atoms with van der Waals surface area (Å²) in [5, 5.41) is 6.06. The predicted molar refractivity (Wildman–Crippen MR) is 109 cm³/mol. The summed E-state index contributed by atoms with van der Waals surface area (Å²) < 4.78 is 42.2. The van der Waals surface area contributed by atoms with Crippen molar-refractivity contribution in [2.24, 2.45) is 11.1 Å². The third-order valence-corrected chi connectivity index (χ3v) is 7.59. The molecule has 2 atom stereocenters. The van der Waals surface area contributed by atoms with Crippen molar-refractivity contribution in [2.75, 3.05) is 13.1 Å². The highest BCUT2D eigenvalue weighted by atomic mass is 35.5. The molecule has 1 fully saturated rings. The van der Waals surface area contributed by atoms with E-state index in [1.54, 1.807) is 24.3 Å². The van der Waals surface area contributed by atoms with Gasteiger partial charge in [-0.1, -0.05) is 53.2 Å². The van der Waals surface area contributed by atoms with Crippen LogP contribution in [0.2, 0.25) is 5.02 Å². The van der Waals surface area contributed by atoms with Crippen molar-refractivity contribution in [3.8, 4) is 0 Å². The summed E-state index contributed by atoms with van der Waals surface area (Å²) in [6.07, 6.45) is -0.462. The average Bonchev–Trinajstić information content (AvgIpc) is 3.30. The molecule has 2 heterocycles. The largest absolute Gasteiger partial charge is 0.390 e. The van der Waals surface area contributed by atoms with Crippen LogP contribution in [0.5, 0.6) is 0 Å². The van der Waals surface area contributed by atoms with Crippen molar-refractivity contribution in [1.29, 1.82) is 0 Å². The zero-order valence-electron chi connectivity index (χ0n) is 15.1. The lowest BCUT2D eigenvalue weighted by atomic mass is 9.94. The first-order valence-electron chi connectivity index (χ1n) is 9.12. The maximum Gasteiger partial charge on any atom is 0.243 e. The van der Waals surface area contributed by atoms with Gasteiger partial charge in [-0.15, -0.1) is 0 Å². The van der Waals surface area contributed by atoms with E-state index in [0.717, 1.165) is 10.8 Å². The fourth-order valence-electron chi connectivity index (χ4n) is 3.95. The normalized spacial score (nSPS) is 21.8. The van der Waals surface area contributed by atoms with Gasteiger partial charge >= 0.3 is 0 Å². The second-order valence-electron chi connectivity index (χ2n) is 7.15. The minimum atomic E-state index is -3.73. The maximum atomic E-state index is 14.4. The summed E-state index contributed by atoms with van der Waals surface area (Å²) >= 11 is 6.17. The Labute approximate surface area is 172 Å². The van der Waals surface area contributed by atoms with Crippen LogP contribution in [0.15, 0.2) is 70.7 Å². The third kappa shape index (κ3) is 3.01. The highest BCUT2D eigenvalue weighted by Crippen LogP contribution is 2.36. The zero-order valence-corrected chi connectivity index (χ0v) is 16.7. The minimum Gasteiger partial charge on any atom is -0.390 e. The van der Waals surface area contributed by atoms with Gasteiger partial charge in [0.05, 0.1) is 33.7 Å². The Balaban J connectivity index is 1.46. The van der Waals surface area contributed by atoms with E-state index in [9.17, 15) is 12.8 Å². The molecule has 0 aromatic heterocycles. The van der Waals surface area contributed by atoms with Crippen LogP contribution in [0, 0.1) is 11.7 Å². The number of nitrogens with zero attached hydrogens (tertiary/aromatic N) is 2. The van der Waals surface area contributed by atoms with Crippen LogP contribution in [0.25, 0.3) is 10.8 Å². The summed E-state index contributed by atoms with van der Waals surface area (Å²) in [6, 6.07) is 17.0. The van der Waals surface area contributed by atoms with E-state index in [2.05, 4.69) is 5.16 Å². The van der Waals surface area contributed by atoms with Crippen molar-refractivity contribution in [3.63, 3.8) is 0 Å². The molecule has 5 rings (SSSR count). The Hall–Kier alpha value is -2.48. The Morgan fingerprint density at radius 1 is 1.03 bits per heavy atom. The standard InChI is InChI=1S/C21H16ClFN2O3S/c22-17-6-3-7-18(23)20(17)21-16-11-25(12-19(16)28-24-21)29(26,27)15-9-8-13-4-1-2-5-14(13)10-15/h1-10,16,19H,11-12H2. The Morgan fingerprint density at radius 3 is 2.62 bits per heavy atom. The van der Waals surface area contributed by atoms with Crippen LogP contribution in [0.4, 0.5) is 4.39 Å². The molecule has 0 N–H and O–H groups in total. The molecule has 3 aromatic rings. The smallest absolute Gasteiger partial charge is 0.243 e. The van der Waals surface area contributed by atoms with Gasteiger partial charge in [0.2, 0.25) is 10.0 Å². The van der Waals surface area contributed by atoms with Crippen LogP contribution in [-0.2, 0) is 14.9 Å². The molecule has 29 heavy (non-hydrogen) atoms. The molecule has 3 aromatic carbocycles. The Morgan fingerprint density at radius 2 is 1.83 bits per heavy atom. The van der Waals surface area contributed by atoms with Gasteiger partial charge in [0.25, 0.3) is 0 Å². The number of oxime groups is 1. The first-order valence-corrected chi connectivity index (χ1v) is 10.9. The first kappa shape index (κ1) is 18.5. The molecule has 1 saturated heterocycles. The highest BCUT2D eigenvalue weighted by Gasteiger charge is 2.47. The third-order valence-electron chi connectivity index (χ3n) is 5.45. The molecule has 2 aliphatic heterocycles. The van der Waals surface area contributed by atoms with E-state index in [0.29, 0.717) is 5.71 Å². The van der Waals surface area contributed by atoms with E-state index in [1.807, 2.05) is 24.3 Å². The van der Waals surface area contributed by atoms with Gasteiger partial charge in [0.1, 0.15) is 5.82 Å². The Kier molecular flexibility index (Phi) is 4.34. The molecule has 0 bridgehead atoms. The highest BCUT2D eigenvalue weighted by molar-refractivity contribution is 7.89. The molecule has 0 saturated carbocycles. The fourth-order valence-corrected chi connectivity index (χ4v) is 5.72. The van der Waals surface area contributed by atoms with Crippen molar-refractivity contribution in [1.82, 2.24) is 4.31 Å². The van der Waals surface area contributed by atoms with E-state index < -0.39 is 21.9 Å². The maximum absolute atomic E-state index is 14.4. The summed E-state index contributed by atoms with van der Waals surface area (Å²) in [5.41, 5.74) is 0.529. The lowest BCUT2D eigenvalue weighted by Gasteiger charge is -2.17. The summed E-state index contributed by atoms with van der Waals surface area (Å²) in [7, 11) is -3.73. The molecule has 2 unspecified atom stereocenters. The number of sulfonamides is 1. The molecular formula is C21H16ClFN2O3S. The number of hydrogen-bond acceptors (Lipinski definition) is 4. The van der Waals surface area contributed by atoms with Crippen molar-refractivity contribution in [2.45, 2.75) is 11.0 Å². The van der Waals surface area contributed by atoms with Crippen LogP contribution in [0.1, 0.15) is 5.56 Å². The van der Waals surface area contributed by atoms with Crippen LogP contribution in [0.3, 0.4) is 0 Å². The van der Waals surface area contributed by atoms with Gasteiger partial charge in [-0.3, -0.25) is 0 Å². The predicted octanol–water partition coefficient (Wildman–Crippen LogP) is 4.06. The summed E-state index contributed by atoms with van der Waals surface area (Å²) in [6.45, 7) is 0.308. The second kappa shape index (κ2) is 6.79. The number of benzene rings is 3. The molecule has 8 heteroatoms. The van der Waals surface area contributed by atoms with Gasteiger partial charge in [-0.25, -0.2) is 12.8 Å². The first-order chi connectivity index (χ1) is 13.9. The quantitative estimate of drug-likeness (QED) is 0.629. The fraction of sp³-hybridized carbons (Fsp3) is 0.190. The molecule has 148 valence electrons. The lowest BCUT2D eigenvalue weighted by molar-refractivity contribution is 0.0803. The van der Waals surface area contributed by atoms with Crippen LogP contribution < -0.4 is 0 Å². The average molecular weight is 431 g/mol. The van der Waals surface area contributed by atoms with E-state index >= 15 is 0 Å². The van der Waals surface area contributed by atoms with E-state index in [4.69, 9.17) is 16.4 Å². The topological polar surface area (TPSA) is 59.0 Å². The Bertz CT molecular complexity index is 1240. The van der Waals surface area contributed by atoms with Gasteiger partial charge < -0.3 is 4.84 Å². The molecule has 0 spiro atoms. The van der Waals surface area contributed by atoms with E-state index in [1.165, 1.54) is 16.4 Å². The molecule has 5 nitrogen and oxygen atoms in total. The minimum absolute atomic E-state index is 0.152. The zero-order chi connectivity index (χ0) is 20.2. The lowest BCUT2D eigenvalue weighted by Crippen LogP contribution is -2.30. The van der Waals surface area contributed by atoms with Crippen molar-refractivity contribution in [3.05, 3.63) is 77.1 Å². The second-order valence-corrected chi connectivity index (χ2v) is 9.50. The monoisotopic (exact) mass is 430 g/mol. The molecular weight excluding hydrogens is 415 g/mol. The summed E-state index contributed by atoms with van der Waals surface area (Å²) in [5.74, 6) is -0.879. The van der Waals surface area contributed by atoms with Gasteiger partial charge in [-0.2, -0.15) is 4.31 Å². The molecule has 0 radical (unpaired) electrons. The van der Waals surface area contributed by atoms with Gasteiger partial charge in [0.15, 0.2) is 6.10 Å². The molecule has 0 amide bonds. The van der Waals surface area contributed by atoms with E-state index in [-0.39, 0.29) is 34.5 Å². The van der Waals surface area contributed by atoms with Gasteiger partial charge in [0, 0.05) is 6.54 Å². The van der Waals surface area contributed by atoms with Crippen LogP contribution >= 0.6 is 11.6 Å². The molecule has 2 aliphatic rings. The number of halogens is 2. The SMILES string of the molecule is O=S(=O)(c1ccc2ccccc2c1)N1CC2ON=C(c3c(F)cccc3Cl)C2C1. The number of hydrogen-bond donors (Lipinski definition) is 0. The van der Waals surface area contributed by atoms with Gasteiger partial charge in [-0.05, 0) is 35.0 Å². The van der Waals surface area contributed by atoms with Crippen molar-refractivity contribution >= 4 is 38.1 Å². The molecule has 0 aliphatic carbocycles.